The van der Waals surface area contributed by atoms with Crippen molar-refractivity contribution in [2.24, 2.45) is 0 Å². The van der Waals surface area contributed by atoms with Crippen LogP contribution in [-0.2, 0) is 0 Å². The molecule has 0 amide bonds. The summed E-state index contributed by atoms with van der Waals surface area (Å²) in [7, 11) is 0. The lowest BCUT2D eigenvalue weighted by Gasteiger charge is -2.21. The van der Waals surface area contributed by atoms with E-state index in [0.717, 1.165) is 0 Å². The van der Waals surface area contributed by atoms with Crippen LogP contribution in [0.2, 0.25) is 0 Å². The van der Waals surface area contributed by atoms with Crippen LogP contribution in [0.3, 0.4) is 0 Å². The summed E-state index contributed by atoms with van der Waals surface area (Å²) in [5, 5.41) is 10.6. The molecular formula is C8H8N2O4. The van der Waals surface area contributed by atoms with Crippen LogP contribution < -0.4 is 9.47 Å². The molecule has 2 heterocycles. The first-order valence-corrected chi connectivity index (χ1v) is 4.11. The first-order valence-electron chi connectivity index (χ1n) is 4.11. The number of hydrogen-bond donors (Lipinski definition) is 0. The van der Waals surface area contributed by atoms with Gasteiger partial charge in [0, 0.05) is 12.3 Å². The molecule has 2 rings (SSSR count). The van der Waals surface area contributed by atoms with Gasteiger partial charge in [-0.2, -0.15) is 0 Å². The van der Waals surface area contributed by atoms with Crippen LogP contribution in [0.25, 0.3) is 0 Å². The van der Waals surface area contributed by atoms with Crippen molar-refractivity contribution in [2.45, 2.75) is 13.0 Å². The van der Waals surface area contributed by atoms with Gasteiger partial charge >= 0.3 is 5.69 Å². The molecular weight excluding hydrogens is 188 g/mol. The van der Waals surface area contributed by atoms with Crippen LogP contribution in [-0.4, -0.2) is 22.6 Å². The molecule has 0 fully saturated rings. The molecule has 0 saturated heterocycles. The van der Waals surface area contributed by atoms with Gasteiger partial charge in [-0.05, 0) is 6.92 Å². The summed E-state index contributed by atoms with van der Waals surface area (Å²) >= 11 is 0. The Bertz CT molecular complexity index is 380. The zero-order valence-corrected chi connectivity index (χ0v) is 7.47. The van der Waals surface area contributed by atoms with Gasteiger partial charge in [-0.15, -0.1) is 0 Å². The van der Waals surface area contributed by atoms with Crippen molar-refractivity contribution < 1.29 is 14.4 Å². The van der Waals surface area contributed by atoms with Gasteiger partial charge in [0.15, 0.2) is 0 Å². The van der Waals surface area contributed by atoms with Gasteiger partial charge in [0.25, 0.3) is 11.6 Å². The summed E-state index contributed by atoms with van der Waals surface area (Å²) in [5.74, 6) is 0.313. The molecule has 1 aliphatic rings. The minimum Gasteiger partial charge on any atom is -0.476 e. The molecule has 0 radical (unpaired) electrons. The number of fused-ring (bicyclic) bond motifs is 1. The van der Waals surface area contributed by atoms with E-state index in [9.17, 15) is 10.1 Å². The normalized spacial score (nSPS) is 19.1. The third-order valence-corrected chi connectivity index (χ3v) is 1.82. The molecule has 0 saturated carbocycles. The Balaban J connectivity index is 2.48. The number of ether oxygens (including phenoxy) is 2. The van der Waals surface area contributed by atoms with Crippen LogP contribution in [0.5, 0.6) is 11.6 Å². The molecule has 1 aromatic heterocycles. The van der Waals surface area contributed by atoms with Crippen LogP contribution in [0.15, 0.2) is 12.3 Å². The van der Waals surface area contributed by atoms with Crippen molar-refractivity contribution in [3.05, 3.63) is 22.4 Å². The largest absolute Gasteiger partial charge is 0.476 e. The van der Waals surface area contributed by atoms with E-state index in [1.54, 1.807) is 6.92 Å². The van der Waals surface area contributed by atoms with Crippen LogP contribution >= 0.6 is 0 Å². The first-order chi connectivity index (χ1) is 6.68. The maximum Gasteiger partial charge on any atom is 0.318 e. The van der Waals surface area contributed by atoms with Crippen molar-refractivity contribution in [3.8, 4) is 11.6 Å². The molecule has 0 bridgehead atoms. The van der Waals surface area contributed by atoms with E-state index in [-0.39, 0.29) is 23.4 Å². The second-order valence-corrected chi connectivity index (χ2v) is 2.96. The summed E-state index contributed by atoms with van der Waals surface area (Å²) in [6.07, 6.45) is 1.14. The van der Waals surface area contributed by atoms with Crippen molar-refractivity contribution in [2.75, 3.05) is 6.61 Å². The van der Waals surface area contributed by atoms with E-state index in [1.807, 2.05) is 0 Å². The smallest absolute Gasteiger partial charge is 0.318 e. The zero-order chi connectivity index (χ0) is 10.1. The quantitative estimate of drug-likeness (QED) is 0.497. The summed E-state index contributed by atoms with van der Waals surface area (Å²) in [5.41, 5.74) is -0.110. The summed E-state index contributed by atoms with van der Waals surface area (Å²) in [6.45, 7) is 2.14. The molecule has 1 aliphatic heterocycles. The van der Waals surface area contributed by atoms with Crippen molar-refractivity contribution in [1.29, 1.82) is 0 Å². The molecule has 6 heteroatoms. The van der Waals surface area contributed by atoms with E-state index in [0.29, 0.717) is 6.61 Å². The zero-order valence-electron chi connectivity index (χ0n) is 7.47. The Hall–Kier alpha value is -1.85. The lowest BCUT2D eigenvalue weighted by atomic mass is 10.3. The topological polar surface area (TPSA) is 74.5 Å². The van der Waals surface area contributed by atoms with Crippen molar-refractivity contribution in [3.63, 3.8) is 0 Å². The van der Waals surface area contributed by atoms with E-state index in [1.165, 1.54) is 12.3 Å². The van der Waals surface area contributed by atoms with E-state index in [2.05, 4.69) is 4.98 Å². The number of nitrogens with zero attached hydrogens (tertiary/aromatic N) is 2. The lowest BCUT2D eigenvalue weighted by molar-refractivity contribution is -0.386. The molecule has 1 atom stereocenters. The standard InChI is InChI=1S/C8H8N2O4/c1-5-4-13-8-7(14-5)6(10(11)12)2-3-9-8/h2-3,5H,4H2,1H3. The average molecular weight is 196 g/mol. The fourth-order valence-corrected chi connectivity index (χ4v) is 1.21. The Morgan fingerprint density at radius 3 is 3.21 bits per heavy atom. The second-order valence-electron chi connectivity index (χ2n) is 2.96. The number of aromatic nitrogens is 1. The Kier molecular flexibility index (Phi) is 1.95. The molecule has 1 aromatic rings. The highest BCUT2D eigenvalue weighted by atomic mass is 16.6. The van der Waals surface area contributed by atoms with E-state index in [4.69, 9.17) is 9.47 Å². The fraction of sp³-hybridized carbons (Fsp3) is 0.375. The third kappa shape index (κ3) is 1.34. The minimum absolute atomic E-state index is 0.110. The number of pyridine rings is 1. The average Bonchev–Trinajstić information content (AvgIpc) is 2.16. The Morgan fingerprint density at radius 1 is 1.71 bits per heavy atom. The van der Waals surface area contributed by atoms with Crippen LogP contribution in [0.4, 0.5) is 5.69 Å². The minimum atomic E-state index is -0.512. The molecule has 0 aliphatic carbocycles. The molecule has 14 heavy (non-hydrogen) atoms. The number of hydrogen-bond acceptors (Lipinski definition) is 5. The third-order valence-electron chi connectivity index (χ3n) is 1.82. The highest BCUT2D eigenvalue weighted by Crippen LogP contribution is 2.37. The van der Waals surface area contributed by atoms with Gasteiger partial charge < -0.3 is 9.47 Å². The van der Waals surface area contributed by atoms with E-state index >= 15 is 0 Å². The molecule has 0 N–H and O–H groups in total. The van der Waals surface area contributed by atoms with Gasteiger partial charge in [-0.1, -0.05) is 0 Å². The maximum atomic E-state index is 10.6. The SMILES string of the molecule is CC1COc2nccc([N+](=O)[O-])c2O1. The predicted octanol–water partition coefficient (Wildman–Crippen LogP) is 1.15. The molecule has 6 nitrogen and oxygen atoms in total. The highest BCUT2D eigenvalue weighted by molar-refractivity contribution is 5.52. The van der Waals surface area contributed by atoms with Gasteiger partial charge in [0.2, 0.25) is 0 Å². The van der Waals surface area contributed by atoms with Crippen molar-refractivity contribution >= 4 is 5.69 Å². The summed E-state index contributed by atoms with van der Waals surface area (Å²) in [4.78, 5) is 14.0. The molecule has 74 valence electrons. The van der Waals surface area contributed by atoms with Gasteiger partial charge in [-0.25, -0.2) is 4.98 Å². The number of rotatable bonds is 1. The molecule has 1 unspecified atom stereocenters. The molecule has 0 aromatic carbocycles. The first kappa shape index (κ1) is 8.74. The van der Waals surface area contributed by atoms with Gasteiger partial charge in [-0.3, -0.25) is 10.1 Å². The Labute approximate surface area is 79.6 Å². The monoisotopic (exact) mass is 196 g/mol. The van der Waals surface area contributed by atoms with Crippen molar-refractivity contribution in [1.82, 2.24) is 4.98 Å². The fourth-order valence-electron chi connectivity index (χ4n) is 1.21. The van der Waals surface area contributed by atoms with Crippen LogP contribution in [0.1, 0.15) is 6.92 Å². The summed E-state index contributed by atoms with van der Waals surface area (Å²) in [6, 6.07) is 1.29. The summed E-state index contributed by atoms with van der Waals surface area (Å²) < 4.78 is 10.5. The second kappa shape index (κ2) is 3.13. The number of nitro groups is 1. The predicted molar refractivity (Wildman–Crippen MR) is 46.5 cm³/mol. The molecule has 0 spiro atoms. The van der Waals surface area contributed by atoms with Gasteiger partial charge in [0.1, 0.15) is 12.7 Å². The maximum absolute atomic E-state index is 10.6. The van der Waals surface area contributed by atoms with E-state index < -0.39 is 4.92 Å². The van der Waals surface area contributed by atoms with Crippen LogP contribution in [0, 0.1) is 10.1 Å². The highest BCUT2D eigenvalue weighted by Gasteiger charge is 2.27. The Morgan fingerprint density at radius 2 is 2.50 bits per heavy atom. The van der Waals surface area contributed by atoms with Gasteiger partial charge in [0.05, 0.1) is 4.92 Å². The lowest BCUT2D eigenvalue weighted by Crippen LogP contribution is -2.26.